The Morgan fingerprint density at radius 2 is 1.82 bits per heavy atom. The Kier molecular flexibility index (Phi) is 7.26. The Balaban J connectivity index is 1.87. The van der Waals surface area contributed by atoms with E-state index in [1.165, 1.54) is 6.07 Å². The van der Waals surface area contributed by atoms with Gasteiger partial charge in [0.2, 0.25) is 0 Å². The Morgan fingerprint density at radius 1 is 1.14 bits per heavy atom. The van der Waals surface area contributed by atoms with E-state index in [0.29, 0.717) is 29.7 Å². The molecule has 0 saturated carbocycles. The molecule has 0 spiro atoms. The van der Waals surface area contributed by atoms with Crippen LogP contribution in [0.25, 0.3) is 0 Å². The molecule has 2 aromatic carbocycles. The average molecular weight is 385 g/mol. The van der Waals surface area contributed by atoms with Crippen LogP contribution >= 0.6 is 0 Å². The molecule has 148 valence electrons. The number of hydrogen-bond acceptors (Lipinski definition) is 6. The summed E-state index contributed by atoms with van der Waals surface area (Å²) in [7, 11) is 0. The Labute approximate surface area is 163 Å². The number of nitrogens with zero attached hydrogens (tertiary/aromatic N) is 1. The number of esters is 1. The fraction of sp³-hybridized carbons (Fsp3) is 0.333. The highest BCUT2D eigenvalue weighted by molar-refractivity contribution is 5.75. The highest BCUT2D eigenvalue weighted by Gasteiger charge is 2.17. The number of hydrogen-bond donors (Lipinski definition) is 0. The first-order valence-electron chi connectivity index (χ1n) is 8.92. The predicted octanol–water partition coefficient (Wildman–Crippen LogP) is 4.11. The third-order valence-corrected chi connectivity index (χ3v) is 4.25. The minimum absolute atomic E-state index is 0.0125. The van der Waals surface area contributed by atoms with Gasteiger partial charge in [0.05, 0.1) is 4.92 Å². The molecule has 0 aliphatic rings. The van der Waals surface area contributed by atoms with Gasteiger partial charge >= 0.3 is 5.97 Å². The van der Waals surface area contributed by atoms with Gasteiger partial charge in [0.15, 0.2) is 6.61 Å². The number of ether oxygens (including phenoxy) is 2. The molecule has 0 heterocycles. The van der Waals surface area contributed by atoms with Gasteiger partial charge in [-0.2, -0.15) is 0 Å². The Bertz CT molecular complexity index is 860. The maximum Gasteiger partial charge on any atom is 0.344 e. The van der Waals surface area contributed by atoms with E-state index in [4.69, 9.17) is 9.47 Å². The largest absolute Gasteiger partial charge is 0.482 e. The summed E-state index contributed by atoms with van der Waals surface area (Å²) in [6.07, 6.45) is 0.517. The van der Waals surface area contributed by atoms with Crippen molar-refractivity contribution < 1.29 is 24.0 Å². The molecule has 0 aliphatic heterocycles. The highest BCUT2D eigenvalue weighted by atomic mass is 16.6. The summed E-state index contributed by atoms with van der Waals surface area (Å²) < 4.78 is 10.7. The molecule has 0 radical (unpaired) electrons. The third kappa shape index (κ3) is 6.19. The number of rotatable bonds is 9. The van der Waals surface area contributed by atoms with E-state index in [0.717, 1.165) is 5.56 Å². The number of carbonyl (C=O) groups excluding carboxylic acids is 2. The van der Waals surface area contributed by atoms with E-state index < -0.39 is 17.0 Å². The maximum absolute atomic E-state index is 12.0. The molecule has 1 atom stereocenters. The summed E-state index contributed by atoms with van der Waals surface area (Å²) in [4.78, 5) is 33.6. The van der Waals surface area contributed by atoms with Crippen molar-refractivity contribution in [2.24, 2.45) is 0 Å². The van der Waals surface area contributed by atoms with Crippen LogP contribution in [0.3, 0.4) is 0 Å². The molecule has 0 amide bonds. The van der Waals surface area contributed by atoms with Gasteiger partial charge in [0, 0.05) is 18.1 Å². The molecular weight excluding hydrogens is 362 g/mol. The molecule has 0 bridgehead atoms. The van der Waals surface area contributed by atoms with E-state index in [1.807, 2.05) is 12.1 Å². The van der Waals surface area contributed by atoms with Gasteiger partial charge in [-0.15, -0.1) is 0 Å². The van der Waals surface area contributed by atoms with Crippen LogP contribution in [0.2, 0.25) is 0 Å². The second-order valence-electron chi connectivity index (χ2n) is 6.57. The van der Waals surface area contributed by atoms with Crippen LogP contribution in [0, 0.1) is 17.0 Å². The number of benzene rings is 2. The van der Waals surface area contributed by atoms with Crippen LogP contribution in [0.1, 0.15) is 43.1 Å². The molecule has 0 saturated heterocycles. The van der Waals surface area contributed by atoms with Crippen molar-refractivity contribution in [1.29, 1.82) is 0 Å². The lowest BCUT2D eigenvalue weighted by Gasteiger charge is -2.14. The molecule has 0 unspecified atom stereocenters. The number of ketones is 1. The van der Waals surface area contributed by atoms with Gasteiger partial charge in [-0.1, -0.05) is 24.3 Å². The molecule has 0 aromatic heterocycles. The van der Waals surface area contributed by atoms with E-state index in [9.17, 15) is 19.7 Å². The minimum atomic E-state index is -0.635. The van der Waals surface area contributed by atoms with Crippen molar-refractivity contribution in [2.45, 2.75) is 39.7 Å². The van der Waals surface area contributed by atoms with Gasteiger partial charge in [-0.05, 0) is 50.5 Å². The zero-order valence-electron chi connectivity index (χ0n) is 16.1. The van der Waals surface area contributed by atoms with Gasteiger partial charge in [-0.3, -0.25) is 10.1 Å². The van der Waals surface area contributed by atoms with Gasteiger partial charge in [0.1, 0.15) is 17.6 Å². The van der Waals surface area contributed by atoms with Crippen molar-refractivity contribution in [3.8, 4) is 5.75 Å². The summed E-state index contributed by atoms with van der Waals surface area (Å²) in [5, 5.41) is 11.0. The van der Waals surface area contributed by atoms with Crippen molar-refractivity contribution >= 4 is 17.4 Å². The predicted molar refractivity (Wildman–Crippen MR) is 103 cm³/mol. The maximum atomic E-state index is 12.0. The van der Waals surface area contributed by atoms with Crippen LogP contribution in [0.4, 0.5) is 5.69 Å². The Morgan fingerprint density at radius 3 is 2.43 bits per heavy atom. The second-order valence-corrected chi connectivity index (χ2v) is 6.57. The van der Waals surface area contributed by atoms with Gasteiger partial charge in [-0.25, -0.2) is 4.79 Å². The summed E-state index contributed by atoms with van der Waals surface area (Å²) in [6.45, 7) is 4.58. The van der Waals surface area contributed by atoms with E-state index in [1.54, 1.807) is 45.0 Å². The topological polar surface area (TPSA) is 95.7 Å². The van der Waals surface area contributed by atoms with Crippen LogP contribution < -0.4 is 4.74 Å². The Hall–Kier alpha value is -3.22. The van der Waals surface area contributed by atoms with Gasteiger partial charge in [0.25, 0.3) is 5.69 Å². The van der Waals surface area contributed by atoms with Crippen molar-refractivity contribution in [1.82, 2.24) is 0 Å². The minimum Gasteiger partial charge on any atom is -0.482 e. The number of carbonyl (C=O) groups is 2. The fourth-order valence-electron chi connectivity index (χ4n) is 2.59. The molecule has 0 fully saturated rings. The van der Waals surface area contributed by atoms with Crippen molar-refractivity contribution in [2.75, 3.05) is 6.61 Å². The molecule has 28 heavy (non-hydrogen) atoms. The number of nitro benzene ring substituents is 1. The van der Waals surface area contributed by atoms with Crippen LogP contribution in [0.5, 0.6) is 5.75 Å². The molecule has 2 rings (SSSR count). The van der Waals surface area contributed by atoms with Gasteiger partial charge < -0.3 is 14.3 Å². The molecule has 7 nitrogen and oxygen atoms in total. The lowest BCUT2D eigenvalue weighted by atomic mass is 10.1. The molecular formula is C21H23NO6. The van der Waals surface area contributed by atoms with E-state index in [2.05, 4.69) is 0 Å². The molecule has 2 aromatic rings. The van der Waals surface area contributed by atoms with Crippen molar-refractivity contribution in [3.05, 3.63) is 69.3 Å². The summed E-state index contributed by atoms with van der Waals surface area (Å²) in [5.41, 5.74) is 2.09. The summed E-state index contributed by atoms with van der Waals surface area (Å²) in [5.74, 6) is 0.0784. The van der Waals surface area contributed by atoms with E-state index in [-0.39, 0.29) is 18.1 Å². The monoisotopic (exact) mass is 385 g/mol. The second kappa shape index (κ2) is 9.64. The number of nitro groups is 1. The molecule has 7 heteroatoms. The van der Waals surface area contributed by atoms with Crippen LogP contribution in [-0.2, 0) is 20.7 Å². The van der Waals surface area contributed by atoms with Crippen LogP contribution in [-0.4, -0.2) is 23.3 Å². The normalized spacial score (nSPS) is 11.5. The third-order valence-electron chi connectivity index (χ3n) is 4.25. The quantitative estimate of drug-likeness (QED) is 0.366. The average Bonchev–Trinajstić information content (AvgIpc) is 2.65. The molecule has 0 N–H and O–H groups in total. The zero-order valence-corrected chi connectivity index (χ0v) is 16.1. The fourth-order valence-corrected chi connectivity index (χ4v) is 2.59. The standard InChI is InChI=1S/C21H23NO6/c1-14-4-9-18(12-20(14)22(25)26)16(3)28-21(24)13-27-19-10-7-17(8-11-19)6-5-15(2)23/h4,7-12,16H,5-6,13H2,1-3H3/t16-/m0/s1. The molecule has 0 aliphatic carbocycles. The highest BCUT2D eigenvalue weighted by Crippen LogP contribution is 2.25. The first-order chi connectivity index (χ1) is 13.3. The first kappa shape index (κ1) is 21.1. The lowest BCUT2D eigenvalue weighted by Crippen LogP contribution is -2.17. The number of Topliss-reactive ketones (excluding diaryl/α,β-unsaturated/α-hetero) is 1. The summed E-state index contributed by atoms with van der Waals surface area (Å²) in [6, 6.07) is 11.9. The first-order valence-corrected chi connectivity index (χ1v) is 8.92. The number of aryl methyl sites for hydroxylation is 2. The zero-order chi connectivity index (χ0) is 20.7. The van der Waals surface area contributed by atoms with Crippen molar-refractivity contribution in [3.63, 3.8) is 0 Å². The SMILES string of the molecule is CC(=O)CCc1ccc(OCC(=O)O[C@@H](C)c2ccc(C)c([N+](=O)[O-])c2)cc1. The van der Waals surface area contributed by atoms with Crippen LogP contribution in [0.15, 0.2) is 42.5 Å². The lowest BCUT2D eigenvalue weighted by molar-refractivity contribution is -0.385. The summed E-state index contributed by atoms with van der Waals surface area (Å²) >= 11 is 0. The smallest absolute Gasteiger partial charge is 0.344 e. The van der Waals surface area contributed by atoms with E-state index >= 15 is 0 Å².